The van der Waals surface area contributed by atoms with Crippen LogP contribution in [-0.4, -0.2) is 49.0 Å². The Morgan fingerprint density at radius 1 is 1.45 bits per heavy atom. The van der Waals surface area contributed by atoms with Crippen molar-refractivity contribution in [3.05, 3.63) is 41.5 Å². The number of carboxylic acids is 1. The molecule has 0 aliphatic carbocycles. The lowest BCUT2D eigenvalue weighted by Crippen LogP contribution is -2.47. The number of nitrogens with zero attached hydrogens (tertiary/aromatic N) is 5. The third-order valence-electron chi connectivity index (χ3n) is 3.37. The van der Waals surface area contributed by atoms with E-state index in [-0.39, 0.29) is 11.7 Å². The van der Waals surface area contributed by atoms with Gasteiger partial charge in [-0.2, -0.15) is 0 Å². The number of hydrogen-bond donors (Lipinski definition) is 1. The van der Waals surface area contributed by atoms with Crippen molar-refractivity contribution in [3.63, 3.8) is 0 Å². The van der Waals surface area contributed by atoms with Crippen LogP contribution >= 0.6 is 0 Å². The van der Waals surface area contributed by atoms with Gasteiger partial charge < -0.3 is 5.11 Å². The van der Waals surface area contributed by atoms with Crippen molar-refractivity contribution in [1.29, 1.82) is 0 Å². The van der Waals surface area contributed by atoms with E-state index in [0.29, 0.717) is 0 Å². The van der Waals surface area contributed by atoms with E-state index >= 15 is 0 Å². The van der Waals surface area contributed by atoms with Crippen LogP contribution in [0, 0.1) is 6.92 Å². The first-order valence-corrected chi connectivity index (χ1v) is 6.42. The third-order valence-corrected chi connectivity index (χ3v) is 3.37. The lowest BCUT2D eigenvalue weighted by atomic mass is 10.1. The second-order valence-corrected chi connectivity index (χ2v) is 5.01. The molecule has 3 rings (SSSR count). The minimum atomic E-state index is -1.05. The first kappa shape index (κ1) is 12.7. The number of rotatable bonds is 4. The number of carbonyl (C=O) groups is 1. The van der Waals surface area contributed by atoms with Crippen LogP contribution in [0.3, 0.4) is 0 Å². The van der Waals surface area contributed by atoms with Crippen LogP contribution < -0.4 is 0 Å². The third kappa shape index (κ3) is 2.53. The average Bonchev–Trinajstić information content (AvgIpc) is 2.82. The number of aryl methyl sites for hydroxylation is 1. The van der Waals surface area contributed by atoms with Gasteiger partial charge in [-0.25, -0.2) is 9.48 Å². The summed E-state index contributed by atoms with van der Waals surface area (Å²) in [6, 6.07) is 6.19. The SMILES string of the molecule is Cc1cccc(CN2CC(n3cc(C(=O)O)nn3)C2)n1. The van der Waals surface area contributed by atoms with Crippen LogP contribution in [0.25, 0.3) is 0 Å². The number of pyridine rings is 1. The molecule has 0 saturated carbocycles. The normalized spacial score (nSPS) is 16.1. The molecule has 0 atom stereocenters. The topological polar surface area (TPSA) is 84.1 Å². The molecule has 1 fully saturated rings. The summed E-state index contributed by atoms with van der Waals surface area (Å²) in [5, 5.41) is 16.3. The molecule has 7 heteroatoms. The molecule has 0 unspecified atom stereocenters. The maximum atomic E-state index is 10.7. The van der Waals surface area contributed by atoms with Gasteiger partial charge in [0.1, 0.15) is 0 Å². The number of carboxylic acid groups (broad SMARTS) is 1. The van der Waals surface area contributed by atoms with Gasteiger partial charge in [-0.1, -0.05) is 11.3 Å². The number of hydrogen-bond acceptors (Lipinski definition) is 5. The van der Waals surface area contributed by atoms with Crippen LogP contribution in [0.1, 0.15) is 27.9 Å². The van der Waals surface area contributed by atoms with Gasteiger partial charge in [-0.3, -0.25) is 9.88 Å². The van der Waals surface area contributed by atoms with Gasteiger partial charge in [0.25, 0.3) is 0 Å². The van der Waals surface area contributed by atoms with Crippen molar-refractivity contribution < 1.29 is 9.90 Å². The van der Waals surface area contributed by atoms with Crippen molar-refractivity contribution in [1.82, 2.24) is 24.9 Å². The summed E-state index contributed by atoms with van der Waals surface area (Å²) < 4.78 is 1.63. The first-order chi connectivity index (χ1) is 9.61. The van der Waals surface area contributed by atoms with E-state index in [2.05, 4.69) is 20.2 Å². The minimum Gasteiger partial charge on any atom is -0.476 e. The Morgan fingerprint density at radius 3 is 2.90 bits per heavy atom. The Kier molecular flexibility index (Phi) is 3.19. The fourth-order valence-electron chi connectivity index (χ4n) is 2.31. The highest BCUT2D eigenvalue weighted by Crippen LogP contribution is 2.22. The summed E-state index contributed by atoms with van der Waals surface area (Å²) in [6.07, 6.45) is 1.48. The van der Waals surface area contributed by atoms with Gasteiger partial charge in [-0.15, -0.1) is 5.10 Å². The molecule has 0 radical (unpaired) electrons. The van der Waals surface area contributed by atoms with E-state index in [0.717, 1.165) is 31.0 Å². The molecule has 1 aliphatic heterocycles. The molecule has 0 aromatic carbocycles. The van der Waals surface area contributed by atoms with Gasteiger partial charge in [0, 0.05) is 25.3 Å². The Hall–Kier alpha value is -2.28. The van der Waals surface area contributed by atoms with Crippen LogP contribution in [-0.2, 0) is 6.54 Å². The zero-order valence-corrected chi connectivity index (χ0v) is 11.1. The fraction of sp³-hybridized carbons (Fsp3) is 0.385. The van der Waals surface area contributed by atoms with Crippen molar-refractivity contribution in [3.8, 4) is 0 Å². The van der Waals surface area contributed by atoms with Crippen LogP contribution in [0.15, 0.2) is 24.4 Å². The minimum absolute atomic E-state index is 0.0104. The molecule has 104 valence electrons. The molecular formula is C13H15N5O2. The largest absolute Gasteiger partial charge is 0.476 e. The highest BCUT2D eigenvalue weighted by molar-refractivity contribution is 5.84. The molecule has 1 aliphatic rings. The summed E-state index contributed by atoms with van der Waals surface area (Å²) in [4.78, 5) is 17.5. The van der Waals surface area contributed by atoms with Gasteiger partial charge in [0.15, 0.2) is 5.69 Å². The van der Waals surface area contributed by atoms with E-state index < -0.39 is 5.97 Å². The smallest absolute Gasteiger partial charge is 0.358 e. The number of aromatic carboxylic acids is 1. The molecule has 0 spiro atoms. The molecular weight excluding hydrogens is 258 g/mol. The fourth-order valence-corrected chi connectivity index (χ4v) is 2.31. The summed E-state index contributed by atoms with van der Waals surface area (Å²) in [6.45, 7) is 4.44. The molecule has 3 heterocycles. The first-order valence-electron chi connectivity index (χ1n) is 6.42. The van der Waals surface area contributed by atoms with Crippen LogP contribution in [0.4, 0.5) is 0 Å². The Morgan fingerprint density at radius 2 is 2.25 bits per heavy atom. The molecule has 2 aromatic heterocycles. The van der Waals surface area contributed by atoms with Crippen molar-refractivity contribution >= 4 is 5.97 Å². The Balaban J connectivity index is 1.57. The summed E-state index contributed by atoms with van der Waals surface area (Å²) in [7, 11) is 0. The van der Waals surface area contributed by atoms with Crippen LogP contribution in [0.2, 0.25) is 0 Å². The number of likely N-dealkylation sites (tertiary alicyclic amines) is 1. The zero-order valence-electron chi connectivity index (χ0n) is 11.1. The Bertz CT molecular complexity index is 633. The molecule has 0 amide bonds. The predicted octanol–water partition coefficient (Wildman–Crippen LogP) is 0.737. The van der Waals surface area contributed by atoms with Gasteiger partial charge in [0.05, 0.1) is 17.9 Å². The monoisotopic (exact) mass is 273 g/mol. The van der Waals surface area contributed by atoms with E-state index in [1.54, 1.807) is 4.68 Å². The van der Waals surface area contributed by atoms with Gasteiger partial charge in [0.2, 0.25) is 0 Å². The highest BCUT2D eigenvalue weighted by Gasteiger charge is 2.29. The lowest BCUT2D eigenvalue weighted by molar-refractivity contribution is 0.0690. The van der Waals surface area contributed by atoms with Crippen molar-refractivity contribution in [2.75, 3.05) is 13.1 Å². The summed E-state index contributed by atoms with van der Waals surface area (Å²) in [5.41, 5.74) is 2.05. The summed E-state index contributed by atoms with van der Waals surface area (Å²) >= 11 is 0. The average molecular weight is 273 g/mol. The molecule has 0 bridgehead atoms. The van der Waals surface area contributed by atoms with Gasteiger partial charge >= 0.3 is 5.97 Å². The maximum absolute atomic E-state index is 10.7. The molecule has 1 saturated heterocycles. The molecule has 1 N–H and O–H groups in total. The lowest BCUT2D eigenvalue weighted by Gasteiger charge is -2.38. The maximum Gasteiger partial charge on any atom is 0.358 e. The molecule has 20 heavy (non-hydrogen) atoms. The van der Waals surface area contributed by atoms with Gasteiger partial charge in [-0.05, 0) is 19.1 Å². The van der Waals surface area contributed by atoms with Crippen molar-refractivity contribution in [2.45, 2.75) is 19.5 Å². The molecule has 2 aromatic rings. The van der Waals surface area contributed by atoms with E-state index in [4.69, 9.17) is 5.11 Å². The Labute approximate surface area is 115 Å². The zero-order chi connectivity index (χ0) is 14.1. The van der Waals surface area contributed by atoms with E-state index in [1.807, 2.05) is 25.1 Å². The van der Waals surface area contributed by atoms with E-state index in [1.165, 1.54) is 6.20 Å². The second kappa shape index (κ2) is 5.01. The second-order valence-electron chi connectivity index (χ2n) is 5.01. The highest BCUT2D eigenvalue weighted by atomic mass is 16.4. The standard InChI is InChI=1S/C13H15N5O2/c1-9-3-2-4-10(14-9)5-17-6-11(7-17)18-8-12(13(19)20)15-16-18/h2-4,8,11H,5-7H2,1H3,(H,19,20). The quantitative estimate of drug-likeness (QED) is 0.884. The summed E-state index contributed by atoms with van der Waals surface area (Å²) in [5.74, 6) is -1.05. The van der Waals surface area contributed by atoms with Crippen LogP contribution in [0.5, 0.6) is 0 Å². The van der Waals surface area contributed by atoms with E-state index in [9.17, 15) is 4.79 Å². The predicted molar refractivity (Wildman–Crippen MR) is 70.3 cm³/mol. The number of aromatic nitrogens is 4. The van der Waals surface area contributed by atoms with Crippen molar-refractivity contribution in [2.24, 2.45) is 0 Å². The molecule has 7 nitrogen and oxygen atoms in total.